The molecule has 0 spiro atoms. The van der Waals surface area contributed by atoms with Crippen LogP contribution in [-0.2, 0) is 67.3 Å². The summed E-state index contributed by atoms with van der Waals surface area (Å²) in [5.41, 5.74) is 22.3. The van der Waals surface area contributed by atoms with Crippen LogP contribution in [0.15, 0.2) is 109 Å². The van der Waals surface area contributed by atoms with Crippen LogP contribution in [0.3, 0.4) is 0 Å². The van der Waals surface area contributed by atoms with Crippen molar-refractivity contribution >= 4 is 35.4 Å². The van der Waals surface area contributed by atoms with Crippen LogP contribution in [0.4, 0.5) is 0 Å². The van der Waals surface area contributed by atoms with Crippen LogP contribution in [0.5, 0.6) is 0 Å². The molecule has 0 radical (unpaired) electrons. The summed E-state index contributed by atoms with van der Waals surface area (Å²) in [6.07, 6.45) is 4.71. The van der Waals surface area contributed by atoms with Crippen LogP contribution in [0.2, 0.25) is 0 Å². The van der Waals surface area contributed by atoms with E-state index in [9.17, 15) is 28.8 Å². The molecule has 3 aliphatic rings. The Labute approximate surface area is 500 Å². The van der Waals surface area contributed by atoms with Gasteiger partial charge in [0.05, 0.1) is 39.3 Å². The molecule has 0 unspecified atom stereocenters. The fourth-order valence-corrected chi connectivity index (χ4v) is 11.6. The maximum atomic E-state index is 12.6. The van der Waals surface area contributed by atoms with Gasteiger partial charge in [-0.25, -0.2) is 0 Å². The molecule has 3 heterocycles. The molecule has 3 fully saturated rings. The molecular weight excluding hydrogens is 1040 g/mol. The van der Waals surface area contributed by atoms with Crippen molar-refractivity contribution in [3.05, 3.63) is 209 Å². The molecule has 12 heteroatoms. The van der Waals surface area contributed by atoms with Gasteiger partial charge in [-0.15, -0.1) is 0 Å². The molecule has 3 aliphatic heterocycles. The van der Waals surface area contributed by atoms with Crippen molar-refractivity contribution in [1.82, 2.24) is 29.4 Å². The zero-order valence-electron chi connectivity index (χ0n) is 52.3. The van der Waals surface area contributed by atoms with Gasteiger partial charge in [0.25, 0.3) is 0 Å². The number of hydrogen-bond acceptors (Lipinski definition) is 6. The first kappa shape index (κ1) is 63.7. The van der Waals surface area contributed by atoms with Gasteiger partial charge in [0.2, 0.25) is 35.4 Å². The first-order valence-corrected chi connectivity index (χ1v) is 30.0. The summed E-state index contributed by atoms with van der Waals surface area (Å²) in [6, 6.07) is 38.3. The summed E-state index contributed by atoms with van der Waals surface area (Å²) in [5.74, 6) is 0.278. The third-order valence-electron chi connectivity index (χ3n) is 17.0. The average molecular weight is 1140 g/mol. The minimum absolute atomic E-state index is 0.0463. The normalized spacial score (nSPS) is 14.7. The minimum Gasteiger partial charge on any atom is -0.332 e. The highest BCUT2D eigenvalue weighted by atomic mass is 16.2. The Kier molecular flexibility index (Phi) is 22.4. The number of amides is 6. The summed E-state index contributed by atoms with van der Waals surface area (Å²) in [4.78, 5) is 85.6. The summed E-state index contributed by atoms with van der Waals surface area (Å²) in [5, 5.41) is 0. The second-order valence-corrected chi connectivity index (χ2v) is 24.0. The van der Waals surface area contributed by atoms with E-state index in [1.807, 2.05) is 0 Å². The number of rotatable bonds is 18. The molecular formula is C72H90N6O6. The molecule has 3 saturated heterocycles. The van der Waals surface area contributed by atoms with Crippen LogP contribution < -0.4 is 0 Å². The Morgan fingerprint density at radius 1 is 0.226 bits per heavy atom. The van der Waals surface area contributed by atoms with Crippen LogP contribution >= 0.6 is 0 Å². The van der Waals surface area contributed by atoms with Crippen LogP contribution in [0, 0.1) is 83.1 Å². The standard InChI is InChI=1S/3C24H30N2O2/c3*1-17-5-7-21(19(3)13-17)9-11-25-15-24(28)26(16-23(25)27)12-10-22-8-6-18(2)14-20(22)4/h3*5-8,13-14H,9-12,15-16H2,1-4H3. The van der Waals surface area contributed by atoms with Crippen LogP contribution in [-0.4, -0.2) is 143 Å². The van der Waals surface area contributed by atoms with E-state index < -0.39 is 0 Å². The van der Waals surface area contributed by atoms with Gasteiger partial charge in [-0.1, -0.05) is 143 Å². The lowest BCUT2D eigenvalue weighted by molar-refractivity contribution is -0.150. The number of carbonyl (C=O) groups is 6. The minimum atomic E-state index is 0.0463. The fraction of sp³-hybridized carbons (Fsp3) is 0.417. The zero-order valence-corrected chi connectivity index (χ0v) is 52.3. The van der Waals surface area contributed by atoms with Crippen molar-refractivity contribution in [2.75, 3.05) is 78.5 Å². The largest absolute Gasteiger partial charge is 0.332 e. The van der Waals surface area contributed by atoms with Crippen molar-refractivity contribution in [2.45, 2.75) is 122 Å². The van der Waals surface area contributed by atoms with Crippen LogP contribution in [0.1, 0.15) is 100 Å². The maximum absolute atomic E-state index is 12.6. The Bertz CT molecular complexity index is 2790. The van der Waals surface area contributed by atoms with Gasteiger partial charge in [0.15, 0.2) is 0 Å². The molecule has 12 nitrogen and oxygen atoms in total. The third-order valence-corrected chi connectivity index (χ3v) is 17.0. The monoisotopic (exact) mass is 1130 g/mol. The van der Waals surface area contributed by atoms with E-state index in [4.69, 9.17) is 0 Å². The Balaban J connectivity index is 0.000000181. The van der Waals surface area contributed by atoms with Gasteiger partial charge in [0.1, 0.15) is 0 Å². The number of aryl methyl sites for hydroxylation is 12. The van der Waals surface area contributed by atoms with E-state index in [-0.39, 0.29) is 74.7 Å². The third kappa shape index (κ3) is 18.1. The molecule has 0 N–H and O–H groups in total. The number of benzene rings is 6. The second-order valence-electron chi connectivity index (χ2n) is 24.0. The van der Waals surface area contributed by atoms with Crippen molar-refractivity contribution in [3.63, 3.8) is 0 Å². The molecule has 0 aliphatic carbocycles. The summed E-state index contributed by atoms with van der Waals surface area (Å²) in [7, 11) is 0. The van der Waals surface area contributed by atoms with Gasteiger partial charge in [-0.3, -0.25) is 28.8 Å². The average Bonchev–Trinajstić information content (AvgIpc) is 3.63. The van der Waals surface area contributed by atoms with Crippen molar-refractivity contribution in [1.29, 1.82) is 0 Å². The van der Waals surface area contributed by atoms with E-state index >= 15 is 0 Å². The molecule has 444 valence electrons. The number of nitrogens with zero attached hydrogens (tertiary/aromatic N) is 6. The molecule has 6 amide bonds. The highest BCUT2D eigenvalue weighted by Crippen LogP contribution is 2.20. The molecule has 0 saturated carbocycles. The van der Waals surface area contributed by atoms with Gasteiger partial charge in [0, 0.05) is 39.3 Å². The van der Waals surface area contributed by atoms with Crippen molar-refractivity contribution in [3.8, 4) is 0 Å². The summed E-state index contributed by atoms with van der Waals surface area (Å²) in [6.45, 7) is 29.8. The lowest BCUT2D eigenvalue weighted by Gasteiger charge is -2.34. The van der Waals surface area contributed by atoms with Gasteiger partial charge >= 0.3 is 0 Å². The smallest absolute Gasteiger partial charge is 0.242 e. The predicted molar refractivity (Wildman–Crippen MR) is 337 cm³/mol. The molecule has 6 aromatic carbocycles. The fourth-order valence-electron chi connectivity index (χ4n) is 11.6. The van der Waals surface area contributed by atoms with Gasteiger partial charge in [-0.2, -0.15) is 0 Å². The second kappa shape index (κ2) is 29.6. The Morgan fingerprint density at radius 3 is 0.476 bits per heavy atom. The zero-order chi connectivity index (χ0) is 60.8. The van der Waals surface area contributed by atoms with E-state index in [2.05, 4.69) is 192 Å². The van der Waals surface area contributed by atoms with Gasteiger partial charge < -0.3 is 29.4 Å². The quantitative estimate of drug-likeness (QED) is 0.0845. The Morgan fingerprint density at radius 2 is 0.357 bits per heavy atom. The van der Waals surface area contributed by atoms with Crippen molar-refractivity contribution in [2.24, 2.45) is 0 Å². The molecule has 84 heavy (non-hydrogen) atoms. The Hall–Kier alpha value is -7.86. The highest BCUT2D eigenvalue weighted by Gasteiger charge is 2.32. The molecule has 0 atom stereocenters. The van der Waals surface area contributed by atoms with E-state index in [1.54, 1.807) is 29.4 Å². The summed E-state index contributed by atoms with van der Waals surface area (Å²) < 4.78 is 0. The van der Waals surface area contributed by atoms with E-state index in [0.29, 0.717) is 39.3 Å². The SMILES string of the molecule is Cc1ccc(CCN2CC(=O)N(CCc3ccc(C)cc3C)CC2=O)c(C)c1.Cc1ccc(CCN2CC(=O)N(CCc3ccc(C)cc3C)CC2=O)c(C)c1.Cc1ccc(CCN2CC(=O)N(CCc3ccc(C)cc3C)CC2=O)c(C)c1. The van der Waals surface area contributed by atoms with Crippen molar-refractivity contribution < 1.29 is 28.8 Å². The first-order valence-electron chi connectivity index (χ1n) is 30.0. The summed E-state index contributed by atoms with van der Waals surface area (Å²) >= 11 is 0. The topological polar surface area (TPSA) is 122 Å². The predicted octanol–water partition coefficient (Wildman–Crippen LogP) is 10.1. The van der Waals surface area contributed by atoms with E-state index in [0.717, 1.165) is 38.5 Å². The maximum Gasteiger partial charge on any atom is 0.242 e. The lowest BCUT2D eigenvalue weighted by Crippen LogP contribution is -2.54. The number of hydrogen-bond donors (Lipinski definition) is 0. The molecule has 9 rings (SSSR count). The van der Waals surface area contributed by atoms with Gasteiger partial charge in [-0.05, 0) is 188 Å². The lowest BCUT2D eigenvalue weighted by atomic mass is 10.0. The first-order chi connectivity index (χ1) is 40.0. The number of carbonyl (C=O) groups excluding carboxylic acids is 6. The highest BCUT2D eigenvalue weighted by molar-refractivity contribution is 5.94. The molecule has 0 aromatic heterocycles. The van der Waals surface area contributed by atoms with E-state index in [1.165, 1.54) is 100 Å². The molecule has 0 bridgehead atoms. The van der Waals surface area contributed by atoms with Crippen LogP contribution in [0.25, 0.3) is 0 Å². The molecule has 6 aromatic rings. The number of piperazine rings is 3.